The highest BCUT2D eigenvalue weighted by Crippen LogP contribution is 2.20. The van der Waals surface area contributed by atoms with E-state index in [0.29, 0.717) is 12.0 Å². The average Bonchev–Trinajstić information content (AvgIpc) is 2.49. The van der Waals surface area contributed by atoms with E-state index in [-0.39, 0.29) is 11.5 Å². The summed E-state index contributed by atoms with van der Waals surface area (Å²) in [6, 6.07) is 7.77. The lowest BCUT2D eigenvalue weighted by Gasteiger charge is -2.20. The number of benzene rings is 1. The molecule has 0 bridgehead atoms. The minimum atomic E-state index is -2.61. The molecule has 0 aliphatic carbocycles. The van der Waals surface area contributed by atoms with E-state index < -0.39 is 18.5 Å². The SMILES string of the molecule is NC(Cc1ccc(F)cc1)C(N)c1ccc(C(F)F)nc1. The number of rotatable bonds is 5. The highest BCUT2D eigenvalue weighted by Gasteiger charge is 2.17. The summed E-state index contributed by atoms with van der Waals surface area (Å²) in [6.45, 7) is 0. The Kier molecular flexibility index (Phi) is 4.93. The molecular weight excluding hydrogens is 279 g/mol. The summed E-state index contributed by atoms with van der Waals surface area (Å²) in [7, 11) is 0. The number of alkyl halides is 2. The van der Waals surface area contributed by atoms with E-state index in [4.69, 9.17) is 11.5 Å². The lowest BCUT2D eigenvalue weighted by Crippen LogP contribution is -2.36. The van der Waals surface area contributed by atoms with Gasteiger partial charge in [-0.1, -0.05) is 18.2 Å². The molecule has 0 spiro atoms. The first-order valence-electron chi connectivity index (χ1n) is 6.47. The topological polar surface area (TPSA) is 64.9 Å². The molecule has 0 saturated heterocycles. The van der Waals surface area contributed by atoms with E-state index in [1.54, 1.807) is 12.1 Å². The monoisotopic (exact) mass is 295 g/mol. The number of hydrogen-bond donors (Lipinski definition) is 2. The third-order valence-electron chi connectivity index (χ3n) is 3.26. The van der Waals surface area contributed by atoms with Gasteiger partial charge < -0.3 is 11.5 Å². The maximum Gasteiger partial charge on any atom is 0.280 e. The normalized spacial score (nSPS) is 14.2. The lowest BCUT2D eigenvalue weighted by atomic mass is 9.96. The standard InChI is InChI=1S/C15H16F3N3/c16-11-4-1-9(2-5-11)7-12(19)14(20)10-3-6-13(15(17)18)21-8-10/h1-6,8,12,14-15H,7,19-20H2. The molecule has 4 N–H and O–H groups in total. The second-order valence-corrected chi connectivity index (χ2v) is 4.84. The van der Waals surface area contributed by atoms with Crippen LogP contribution in [-0.2, 0) is 6.42 Å². The minimum Gasteiger partial charge on any atom is -0.326 e. The summed E-state index contributed by atoms with van der Waals surface area (Å²) in [5.41, 5.74) is 13.2. The molecule has 0 aliphatic heterocycles. The van der Waals surface area contributed by atoms with Gasteiger partial charge in [0.2, 0.25) is 0 Å². The van der Waals surface area contributed by atoms with Crippen molar-refractivity contribution < 1.29 is 13.2 Å². The second-order valence-electron chi connectivity index (χ2n) is 4.84. The van der Waals surface area contributed by atoms with Gasteiger partial charge in [0, 0.05) is 18.3 Å². The van der Waals surface area contributed by atoms with Crippen LogP contribution >= 0.6 is 0 Å². The van der Waals surface area contributed by atoms with Crippen LogP contribution in [0.15, 0.2) is 42.6 Å². The van der Waals surface area contributed by atoms with Gasteiger partial charge in [0.15, 0.2) is 0 Å². The Bertz CT molecular complexity index is 570. The van der Waals surface area contributed by atoms with Gasteiger partial charge in [0.25, 0.3) is 6.43 Å². The first-order chi connectivity index (χ1) is 9.97. The number of hydrogen-bond acceptors (Lipinski definition) is 3. The van der Waals surface area contributed by atoms with E-state index >= 15 is 0 Å². The van der Waals surface area contributed by atoms with Gasteiger partial charge >= 0.3 is 0 Å². The zero-order chi connectivity index (χ0) is 15.4. The van der Waals surface area contributed by atoms with Crippen molar-refractivity contribution in [3.8, 4) is 0 Å². The quantitative estimate of drug-likeness (QED) is 0.891. The zero-order valence-corrected chi connectivity index (χ0v) is 11.2. The molecule has 0 aliphatic rings. The molecule has 21 heavy (non-hydrogen) atoms. The number of pyridine rings is 1. The van der Waals surface area contributed by atoms with Crippen molar-refractivity contribution in [2.75, 3.05) is 0 Å². The molecule has 1 aromatic carbocycles. The Labute approximate surface area is 120 Å². The molecule has 2 unspecified atom stereocenters. The molecule has 1 heterocycles. The van der Waals surface area contributed by atoms with Gasteiger partial charge in [-0.15, -0.1) is 0 Å². The van der Waals surface area contributed by atoms with E-state index in [1.165, 1.54) is 30.5 Å². The Hall–Kier alpha value is -1.92. The third-order valence-corrected chi connectivity index (χ3v) is 3.26. The Morgan fingerprint density at radius 2 is 1.67 bits per heavy atom. The van der Waals surface area contributed by atoms with Gasteiger partial charge in [-0.3, -0.25) is 4.98 Å². The van der Waals surface area contributed by atoms with E-state index in [1.807, 2.05) is 0 Å². The molecule has 2 atom stereocenters. The van der Waals surface area contributed by atoms with E-state index in [0.717, 1.165) is 5.56 Å². The fourth-order valence-electron chi connectivity index (χ4n) is 2.01. The molecule has 0 radical (unpaired) electrons. The summed E-state index contributed by atoms with van der Waals surface area (Å²) in [5, 5.41) is 0. The van der Waals surface area contributed by atoms with Crippen LogP contribution < -0.4 is 11.5 Å². The van der Waals surface area contributed by atoms with Gasteiger partial charge in [-0.05, 0) is 35.7 Å². The molecular formula is C15H16F3N3. The molecule has 0 amide bonds. The fourth-order valence-corrected chi connectivity index (χ4v) is 2.01. The number of halogens is 3. The molecule has 0 saturated carbocycles. The second kappa shape index (κ2) is 6.69. The molecule has 112 valence electrons. The van der Waals surface area contributed by atoms with Crippen LogP contribution in [0.25, 0.3) is 0 Å². The molecule has 2 aromatic rings. The number of nitrogens with zero attached hydrogens (tertiary/aromatic N) is 1. The maximum atomic E-state index is 12.8. The first kappa shape index (κ1) is 15.5. The van der Waals surface area contributed by atoms with Gasteiger partial charge in [0.1, 0.15) is 11.5 Å². The van der Waals surface area contributed by atoms with Crippen molar-refractivity contribution in [2.45, 2.75) is 24.9 Å². The number of aromatic nitrogens is 1. The predicted octanol–water partition coefficient (Wildman–Crippen LogP) is 2.73. The summed E-state index contributed by atoms with van der Waals surface area (Å²) in [6.07, 6.45) is -0.836. The van der Waals surface area contributed by atoms with E-state index in [2.05, 4.69) is 4.98 Å². The van der Waals surface area contributed by atoms with Crippen LogP contribution in [0.5, 0.6) is 0 Å². The van der Waals surface area contributed by atoms with Crippen molar-refractivity contribution in [1.29, 1.82) is 0 Å². The maximum absolute atomic E-state index is 12.8. The van der Waals surface area contributed by atoms with Crippen LogP contribution in [0, 0.1) is 5.82 Å². The Morgan fingerprint density at radius 3 is 2.19 bits per heavy atom. The Morgan fingerprint density at radius 1 is 1.00 bits per heavy atom. The van der Waals surface area contributed by atoms with Crippen LogP contribution in [0.2, 0.25) is 0 Å². The minimum absolute atomic E-state index is 0.293. The predicted molar refractivity (Wildman–Crippen MR) is 74.2 cm³/mol. The Balaban J connectivity index is 2.04. The smallest absolute Gasteiger partial charge is 0.280 e. The van der Waals surface area contributed by atoms with Crippen LogP contribution in [0.1, 0.15) is 29.3 Å². The van der Waals surface area contributed by atoms with Gasteiger partial charge in [-0.25, -0.2) is 13.2 Å². The highest BCUT2D eigenvalue weighted by atomic mass is 19.3. The zero-order valence-electron chi connectivity index (χ0n) is 11.2. The average molecular weight is 295 g/mol. The number of nitrogens with two attached hydrogens (primary N) is 2. The molecule has 2 rings (SSSR count). The van der Waals surface area contributed by atoms with Crippen molar-refractivity contribution in [3.05, 3.63) is 65.2 Å². The van der Waals surface area contributed by atoms with Gasteiger partial charge in [-0.2, -0.15) is 0 Å². The molecule has 3 nitrogen and oxygen atoms in total. The highest BCUT2D eigenvalue weighted by molar-refractivity contribution is 5.22. The van der Waals surface area contributed by atoms with Gasteiger partial charge in [0.05, 0.1) is 0 Å². The largest absolute Gasteiger partial charge is 0.326 e. The van der Waals surface area contributed by atoms with Crippen LogP contribution in [0.4, 0.5) is 13.2 Å². The van der Waals surface area contributed by atoms with Crippen molar-refractivity contribution in [2.24, 2.45) is 11.5 Å². The first-order valence-corrected chi connectivity index (χ1v) is 6.47. The van der Waals surface area contributed by atoms with Crippen molar-refractivity contribution in [3.63, 3.8) is 0 Å². The van der Waals surface area contributed by atoms with Crippen molar-refractivity contribution in [1.82, 2.24) is 4.98 Å². The van der Waals surface area contributed by atoms with Crippen LogP contribution in [0.3, 0.4) is 0 Å². The van der Waals surface area contributed by atoms with E-state index in [9.17, 15) is 13.2 Å². The lowest BCUT2D eigenvalue weighted by molar-refractivity contribution is 0.146. The summed E-state index contributed by atoms with van der Waals surface area (Å²) in [4.78, 5) is 3.67. The summed E-state index contributed by atoms with van der Waals surface area (Å²) < 4.78 is 37.7. The summed E-state index contributed by atoms with van der Waals surface area (Å²) >= 11 is 0. The molecule has 1 aromatic heterocycles. The third kappa shape index (κ3) is 4.03. The van der Waals surface area contributed by atoms with Crippen molar-refractivity contribution >= 4 is 0 Å². The fraction of sp³-hybridized carbons (Fsp3) is 0.267. The summed E-state index contributed by atoms with van der Waals surface area (Å²) in [5.74, 6) is -0.316. The van der Waals surface area contributed by atoms with Crippen LogP contribution in [-0.4, -0.2) is 11.0 Å². The molecule has 0 fully saturated rings. The molecule has 6 heteroatoms.